The van der Waals surface area contributed by atoms with E-state index in [0.29, 0.717) is 12.2 Å². The summed E-state index contributed by atoms with van der Waals surface area (Å²) in [7, 11) is 0. The minimum Gasteiger partial charge on any atom is -0.299 e. The van der Waals surface area contributed by atoms with Gasteiger partial charge in [0.1, 0.15) is 5.78 Å². The summed E-state index contributed by atoms with van der Waals surface area (Å²) in [4.78, 5) is 12.6. The molecule has 0 N–H and O–H groups in total. The Hall–Kier alpha value is -1.89. The van der Waals surface area contributed by atoms with Gasteiger partial charge in [-0.1, -0.05) is 42.5 Å². The number of ketones is 1. The Morgan fingerprint density at radius 3 is 2.57 bits per heavy atom. The van der Waals surface area contributed by atoms with Gasteiger partial charge < -0.3 is 0 Å². The van der Waals surface area contributed by atoms with E-state index in [9.17, 15) is 4.79 Å². The van der Waals surface area contributed by atoms with Crippen molar-refractivity contribution >= 4 is 5.78 Å². The third kappa shape index (κ3) is 3.07. The lowest BCUT2D eigenvalue weighted by Crippen LogP contribution is -2.24. The molecule has 0 saturated heterocycles. The zero-order valence-electron chi connectivity index (χ0n) is 12.9. The highest BCUT2D eigenvalue weighted by atomic mass is 16.1. The standard InChI is InChI=1S/C20H22O/c1-14-7-8-16(11-15(14)2)12-20(21)19-10-9-17-5-3-4-6-18(17)13-19/h3-8,11,19H,9-10,12-13H2,1-2H3. The molecule has 0 amide bonds. The first-order valence-electron chi connectivity index (χ1n) is 7.79. The van der Waals surface area contributed by atoms with Gasteiger partial charge in [0.05, 0.1) is 0 Å². The summed E-state index contributed by atoms with van der Waals surface area (Å²) < 4.78 is 0. The van der Waals surface area contributed by atoms with Crippen molar-refractivity contribution in [3.05, 3.63) is 70.3 Å². The highest BCUT2D eigenvalue weighted by Crippen LogP contribution is 2.27. The van der Waals surface area contributed by atoms with Gasteiger partial charge in [-0.05, 0) is 60.9 Å². The summed E-state index contributed by atoms with van der Waals surface area (Å²) in [5.41, 5.74) is 6.50. The van der Waals surface area contributed by atoms with E-state index in [1.807, 2.05) is 0 Å². The third-order valence-electron chi connectivity index (χ3n) is 4.75. The maximum absolute atomic E-state index is 12.6. The van der Waals surface area contributed by atoms with Gasteiger partial charge in [0.25, 0.3) is 0 Å². The van der Waals surface area contributed by atoms with Crippen LogP contribution in [0.2, 0.25) is 0 Å². The van der Waals surface area contributed by atoms with E-state index >= 15 is 0 Å². The van der Waals surface area contributed by atoms with Crippen LogP contribution in [-0.2, 0) is 24.1 Å². The third-order valence-corrected chi connectivity index (χ3v) is 4.75. The van der Waals surface area contributed by atoms with Crippen molar-refractivity contribution in [2.45, 2.75) is 39.5 Å². The van der Waals surface area contributed by atoms with Crippen molar-refractivity contribution in [3.63, 3.8) is 0 Å². The number of carbonyl (C=O) groups excluding carboxylic acids is 1. The summed E-state index contributed by atoms with van der Waals surface area (Å²) in [6.45, 7) is 4.22. The number of aryl methyl sites for hydroxylation is 3. The number of fused-ring (bicyclic) bond motifs is 1. The Balaban J connectivity index is 1.70. The maximum atomic E-state index is 12.6. The molecule has 108 valence electrons. The Morgan fingerprint density at radius 2 is 1.81 bits per heavy atom. The monoisotopic (exact) mass is 278 g/mol. The molecule has 3 rings (SSSR count). The molecule has 0 heterocycles. The molecule has 0 fully saturated rings. The van der Waals surface area contributed by atoms with E-state index in [1.165, 1.54) is 22.3 Å². The van der Waals surface area contributed by atoms with Gasteiger partial charge in [-0.15, -0.1) is 0 Å². The van der Waals surface area contributed by atoms with E-state index in [4.69, 9.17) is 0 Å². The van der Waals surface area contributed by atoms with Crippen LogP contribution in [0.25, 0.3) is 0 Å². The summed E-state index contributed by atoms with van der Waals surface area (Å²) >= 11 is 0. The van der Waals surface area contributed by atoms with Gasteiger partial charge in [0.2, 0.25) is 0 Å². The van der Waals surface area contributed by atoms with Gasteiger partial charge in [-0.3, -0.25) is 4.79 Å². The number of Topliss-reactive ketones (excluding diaryl/α,β-unsaturated/α-hetero) is 1. The Labute approximate surface area is 127 Å². The zero-order chi connectivity index (χ0) is 14.8. The second-order valence-electron chi connectivity index (χ2n) is 6.27. The Morgan fingerprint density at radius 1 is 1.05 bits per heavy atom. The molecule has 0 saturated carbocycles. The van der Waals surface area contributed by atoms with Crippen molar-refractivity contribution in [1.82, 2.24) is 0 Å². The van der Waals surface area contributed by atoms with Crippen LogP contribution in [0.5, 0.6) is 0 Å². The molecule has 0 aromatic heterocycles. The number of hydrogen-bond acceptors (Lipinski definition) is 1. The van der Waals surface area contributed by atoms with Gasteiger partial charge in [0.15, 0.2) is 0 Å². The van der Waals surface area contributed by atoms with Crippen LogP contribution in [0.15, 0.2) is 42.5 Å². The molecule has 1 unspecified atom stereocenters. The summed E-state index contributed by atoms with van der Waals surface area (Å²) in [6.07, 6.45) is 3.54. The SMILES string of the molecule is Cc1ccc(CC(=O)C2CCc3ccccc3C2)cc1C. The summed E-state index contributed by atoms with van der Waals surface area (Å²) in [6, 6.07) is 14.9. The second-order valence-corrected chi connectivity index (χ2v) is 6.27. The van der Waals surface area contributed by atoms with Crippen LogP contribution >= 0.6 is 0 Å². The molecule has 1 atom stereocenters. The average molecular weight is 278 g/mol. The number of carbonyl (C=O) groups is 1. The second kappa shape index (κ2) is 5.85. The lowest BCUT2D eigenvalue weighted by molar-refractivity contribution is -0.122. The molecule has 1 aliphatic rings. The molecule has 0 aliphatic heterocycles. The summed E-state index contributed by atoms with van der Waals surface area (Å²) in [5, 5.41) is 0. The Bertz CT molecular complexity index is 669. The predicted octanol–water partition coefficient (Wildman–Crippen LogP) is 4.22. The quantitative estimate of drug-likeness (QED) is 0.821. The van der Waals surface area contributed by atoms with Crippen molar-refractivity contribution in [3.8, 4) is 0 Å². The van der Waals surface area contributed by atoms with Gasteiger partial charge >= 0.3 is 0 Å². The molecule has 0 radical (unpaired) electrons. The lowest BCUT2D eigenvalue weighted by atomic mass is 9.80. The van der Waals surface area contributed by atoms with E-state index in [2.05, 4.69) is 56.3 Å². The molecule has 1 aliphatic carbocycles. The number of benzene rings is 2. The fourth-order valence-corrected chi connectivity index (χ4v) is 3.23. The largest absolute Gasteiger partial charge is 0.299 e. The van der Waals surface area contributed by atoms with Crippen LogP contribution in [0.4, 0.5) is 0 Å². The average Bonchev–Trinajstić information content (AvgIpc) is 2.50. The van der Waals surface area contributed by atoms with Crippen LogP contribution in [0.1, 0.15) is 34.2 Å². The topological polar surface area (TPSA) is 17.1 Å². The van der Waals surface area contributed by atoms with E-state index in [-0.39, 0.29) is 5.92 Å². The lowest BCUT2D eigenvalue weighted by Gasteiger charge is -2.23. The van der Waals surface area contributed by atoms with Gasteiger partial charge in [-0.25, -0.2) is 0 Å². The van der Waals surface area contributed by atoms with Crippen molar-refractivity contribution < 1.29 is 4.79 Å². The molecular weight excluding hydrogens is 256 g/mol. The predicted molar refractivity (Wildman–Crippen MR) is 86.6 cm³/mol. The van der Waals surface area contributed by atoms with Gasteiger partial charge in [-0.2, -0.15) is 0 Å². The zero-order valence-corrected chi connectivity index (χ0v) is 12.9. The molecule has 0 bridgehead atoms. The maximum Gasteiger partial charge on any atom is 0.140 e. The van der Waals surface area contributed by atoms with Crippen LogP contribution < -0.4 is 0 Å². The molecule has 2 aromatic carbocycles. The molecule has 1 heteroatoms. The smallest absolute Gasteiger partial charge is 0.140 e. The van der Waals surface area contributed by atoms with Gasteiger partial charge in [0, 0.05) is 12.3 Å². The minimum atomic E-state index is 0.196. The minimum absolute atomic E-state index is 0.196. The number of hydrogen-bond donors (Lipinski definition) is 0. The highest BCUT2D eigenvalue weighted by molar-refractivity contribution is 5.84. The van der Waals surface area contributed by atoms with E-state index < -0.39 is 0 Å². The highest BCUT2D eigenvalue weighted by Gasteiger charge is 2.24. The van der Waals surface area contributed by atoms with Crippen molar-refractivity contribution in [1.29, 1.82) is 0 Å². The van der Waals surface area contributed by atoms with Crippen molar-refractivity contribution in [2.24, 2.45) is 5.92 Å². The first-order chi connectivity index (χ1) is 10.1. The van der Waals surface area contributed by atoms with Crippen LogP contribution in [0.3, 0.4) is 0 Å². The van der Waals surface area contributed by atoms with E-state index in [0.717, 1.165) is 24.8 Å². The normalized spacial score (nSPS) is 17.3. The Kier molecular flexibility index (Phi) is 3.92. The first-order valence-corrected chi connectivity index (χ1v) is 7.79. The molecule has 21 heavy (non-hydrogen) atoms. The fraction of sp³-hybridized carbons (Fsp3) is 0.350. The molecule has 1 nitrogen and oxygen atoms in total. The molecule has 0 spiro atoms. The van der Waals surface area contributed by atoms with Crippen molar-refractivity contribution in [2.75, 3.05) is 0 Å². The summed E-state index contributed by atoms with van der Waals surface area (Å²) in [5.74, 6) is 0.592. The first kappa shape index (κ1) is 14.1. The fourth-order valence-electron chi connectivity index (χ4n) is 3.23. The van der Waals surface area contributed by atoms with Crippen LogP contribution in [0, 0.1) is 19.8 Å². The molecule has 2 aromatic rings. The van der Waals surface area contributed by atoms with Crippen LogP contribution in [-0.4, -0.2) is 5.78 Å². The molecular formula is C20H22O. The van der Waals surface area contributed by atoms with E-state index in [1.54, 1.807) is 0 Å². The number of rotatable bonds is 3.